The van der Waals surface area contributed by atoms with Gasteiger partial charge in [0.05, 0.1) is 19.6 Å². The van der Waals surface area contributed by atoms with Gasteiger partial charge in [-0.15, -0.1) is 12.4 Å². The molecule has 0 heterocycles. The molecule has 0 aliphatic heterocycles. The molecule has 0 amide bonds. The van der Waals surface area contributed by atoms with Gasteiger partial charge in [0.2, 0.25) is 0 Å². The van der Waals surface area contributed by atoms with Gasteiger partial charge in [-0.1, -0.05) is 51.9 Å². The number of ether oxygens (including phenoxy) is 1. The van der Waals surface area contributed by atoms with Crippen molar-refractivity contribution in [3.63, 3.8) is 0 Å². The van der Waals surface area contributed by atoms with Crippen molar-refractivity contribution in [2.45, 2.75) is 71.1 Å². The predicted octanol–water partition coefficient (Wildman–Crippen LogP) is 3.40. The molecule has 0 spiro atoms. The summed E-state index contributed by atoms with van der Waals surface area (Å²) in [5, 5.41) is 0. The van der Waals surface area contributed by atoms with Gasteiger partial charge in [0.25, 0.3) is 0 Å². The Kier molecular flexibility index (Phi) is 17.8. The van der Waals surface area contributed by atoms with Crippen molar-refractivity contribution in [1.82, 2.24) is 0 Å². The normalized spacial score (nSPS) is 9.90. The lowest BCUT2D eigenvalue weighted by atomic mass is 10.1. The molecule has 0 bridgehead atoms. The number of esters is 1. The van der Waals surface area contributed by atoms with Crippen LogP contribution in [0.1, 0.15) is 71.1 Å². The van der Waals surface area contributed by atoms with Gasteiger partial charge in [-0.25, -0.2) is 0 Å². The number of hydrogen-bond donors (Lipinski definition) is 1. The molecule has 0 rings (SSSR count). The Balaban J connectivity index is 0. The van der Waals surface area contributed by atoms with Crippen LogP contribution >= 0.6 is 12.4 Å². The second kappa shape index (κ2) is 16.4. The summed E-state index contributed by atoms with van der Waals surface area (Å²) in [5.41, 5.74) is 5.16. The van der Waals surface area contributed by atoms with Gasteiger partial charge >= 0.3 is 5.97 Å². The Labute approximate surface area is 129 Å². The molecule has 0 aromatic rings. The lowest BCUT2D eigenvalue weighted by molar-refractivity contribution is -0.144. The van der Waals surface area contributed by atoms with Crippen molar-refractivity contribution < 1.29 is 14.3 Å². The largest absolute Gasteiger partial charge is 0.466 e. The van der Waals surface area contributed by atoms with Gasteiger partial charge in [-0.3, -0.25) is 9.59 Å². The number of ketones is 1. The number of carbonyl (C=O) groups is 2. The lowest BCUT2D eigenvalue weighted by Gasteiger charge is -2.04. The quantitative estimate of drug-likeness (QED) is 0.418. The van der Waals surface area contributed by atoms with E-state index in [0.29, 0.717) is 6.61 Å². The Hall–Kier alpha value is -0.610. The molecule has 0 aliphatic carbocycles. The van der Waals surface area contributed by atoms with E-state index in [1.165, 1.54) is 38.5 Å². The standard InChI is InChI=1S/C15H29NO3.ClH/c1-2-3-4-5-6-7-8-9-12-19-15(18)11-10-14(17)13-16;/h2-13,16H2,1H3;1H. The average Bonchev–Trinajstić information content (AvgIpc) is 2.42. The molecule has 0 aromatic heterocycles. The van der Waals surface area contributed by atoms with Gasteiger partial charge in [-0.05, 0) is 6.42 Å². The number of unbranched alkanes of at least 4 members (excludes halogenated alkanes) is 7. The number of nitrogens with two attached hydrogens (primary N) is 1. The number of halogens is 1. The fourth-order valence-corrected chi connectivity index (χ4v) is 1.84. The van der Waals surface area contributed by atoms with Crippen molar-refractivity contribution in [2.24, 2.45) is 5.73 Å². The summed E-state index contributed by atoms with van der Waals surface area (Å²) in [6, 6.07) is 0. The third-order valence-corrected chi connectivity index (χ3v) is 3.10. The van der Waals surface area contributed by atoms with Crippen LogP contribution in [0.2, 0.25) is 0 Å². The Morgan fingerprint density at radius 2 is 1.45 bits per heavy atom. The molecule has 0 atom stereocenters. The van der Waals surface area contributed by atoms with Crippen molar-refractivity contribution in [3.05, 3.63) is 0 Å². The number of Topliss-reactive ketones (excluding diaryl/α,β-unsaturated/α-hetero) is 1. The highest BCUT2D eigenvalue weighted by Gasteiger charge is 2.06. The summed E-state index contributed by atoms with van der Waals surface area (Å²) in [6.45, 7) is 2.70. The Morgan fingerprint density at radius 1 is 0.900 bits per heavy atom. The van der Waals surface area contributed by atoms with Crippen molar-refractivity contribution >= 4 is 24.2 Å². The molecule has 0 saturated heterocycles. The summed E-state index contributed by atoms with van der Waals surface area (Å²) in [7, 11) is 0. The summed E-state index contributed by atoms with van der Waals surface area (Å²) >= 11 is 0. The van der Waals surface area contributed by atoms with Crippen LogP contribution in [0.5, 0.6) is 0 Å². The van der Waals surface area contributed by atoms with E-state index >= 15 is 0 Å². The third-order valence-electron chi connectivity index (χ3n) is 3.10. The van der Waals surface area contributed by atoms with Gasteiger partial charge in [0.15, 0.2) is 0 Å². The van der Waals surface area contributed by atoms with Crippen LogP contribution in [-0.2, 0) is 14.3 Å². The van der Waals surface area contributed by atoms with E-state index in [4.69, 9.17) is 10.5 Å². The van der Waals surface area contributed by atoms with Crippen LogP contribution in [0.3, 0.4) is 0 Å². The average molecular weight is 308 g/mol. The van der Waals surface area contributed by atoms with Crippen LogP contribution in [0.25, 0.3) is 0 Å². The highest BCUT2D eigenvalue weighted by atomic mass is 35.5. The zero-order valence-corrected chi connectivity index (χ0v) is 13.5. The SMILES string of the molecule is CCCCCCCCCCOC(=O)CCC(=O)CN.Cl. The van der Waals surface area contributed by atoms with E-state index in [0.717, 1.165) is 12.8 Å². The monoisotopic (exact) mass is 307 g/mol. The second-order valence-electron chi connectivity index (χ2n) is 4.94. The molecule has 0 aromatic carbocycles. The molecule has 4 nitrogen and oxygen atoms in total. The maximum atomic E-state index is 11.3. The Morgan fingerprint density at radius 3 is 2.00 bits per heavy atom. The first-order valence-electron chi connectivity index (χ1n) is 7.58. The van der Waals surface area contributed by atoms with Gasteiger partial charge in [-0.2, -0.15) is 0 Å². The molecule has 20 heavy (non-hydrogen) atoms. The molecular weight excluding hydrogens is 278 g/mol. The lowest BCUT2D eigenvalue weighted by Crippen LogP contribution is -2.15. The highest BCUT2D eigenvalue weighted by Crippen LogP contribution is 2.08. The zero-order chi connectivity index (χ0) is 14.3. The summed E-state index contributed by atoms with van der Waals surface area (Å²) in [6.07, 6.45) is 10.1. The minimum Gasteiger partial charge on any atom is -0.466 e. The second-order valence-corrected chi connectivity index (χ2v) is 4.94. The summed E-state index contributed by atoms with van der Waals surface area (Å²) < 4.78 is 5.05. The smallest absolute Gasteiger partial charge is 0.306 e. The molecule has 0 aliphatic rings. The molecule has 0 fully saturated rings. The number of carbonyl (C=O) groups excluding carboxylic acids is 2. The van der Waals surface area contributed by atoms with E-state index in [2.05, 4.69) is 6.92 Å². The third kappa shape index (κ3) is 15.4. The van der Waals surface area contributed by atoms with Crippen LogP contribution in [-0.4, -0.2) is 24.9 Å². The molecular formula is C15H30ClNO3. The van der Waals surface area contributed by atoms with Crippen molar-refractivity contribution in [1.29, 1.82) is 0 Å². The molecule has 2 N–H and O–H groups in total. The van der Waals surface area contributed by atoms with Gasteiger partial charge in [0, 0.05) is 6.42 Å². The van der Waals surface area contributed by atoms with Crippen LogP contribution in [0.4, 0.5) is 0 Å². The van der Waals surface area contributed by atoms with Crippen LogP contribution in [0, 0.1) is 0 Å². The fourth-order valence-electron chi connectivity index (χ4n) is 1.84. The predicted molar refractivity (Wildman–Crippen MR) is 84.1 cm³/mol. The van der Waals surface area contributed by atoms with Crippen molar-refractivity contribution in [2.75, 3.05) is 13.2 Å². The fraction of sp³-hybridized carbons (Fsp3) is 0.867. The minimum atomic E-state index is -0.287. The van der Waals surface area contributed by atoms with Gasteiger partial charge < -0.3 is 10.5 Å². The zero-order valence-electron chi connectivity index (χ0n) is 12.7. The molecule has 120 valence electrons. The summed E-state index contributed by atoms with van der Waals surface area (Å²) in [4.78, 5) is 22.2. The molecule has 0 unspecified atom stereocenters. The first-order chi connectivity index (χ1) is 9.20. The number of rotatable bonds is 13. The molecule has 5 heteroatoms. The maximum Gasteiger partial charge on any atom is 0.306 e. The highest BCUT2D eigenvalue weighted by molar-refractivity contribution is 5.85. The minimum absolute atomic E-state index is 0. The first-order valence-corrected chi connectivity index (χ1v) is 7.58. The maximum absolute atomic E-state index is 11.3. The van der Waals surface area contributed by atoms with Crippen molar-refractivity contribution in [3.8, 4) is 0 Å². The molecule has 0 saturated carbocycles. The summed E-state index contributed by atoms with van der Waals surface area (Å²) in [5.74, 6) is -0.381. The first kappa shape index (κ1) is 21.7. The van der Waals surface area contributed by atoms with Crippen LogP contribution < -0.4 is 5.73 Å². The van der Waals surface area contributed by atoms with E-state index < -0.39 is 0 Å². The van der Waals surface area contributed by atoms with E-state index in [-0.39, 0.29) is 43.5 Å². The topological polar surface area (TPSA) is 69.4 Å². The van der Waals surface area contributed by atoms with E-state index in [1.807, 2.05) is 0 Å². The Bertz CT molecular complexity index is 247. The van der Waals surface area contributed by atoms with E-state index in [1.54, 1.807) is 0 Å². The van der Waals surface area contributed by atoms with E-state index in [9.17, 15) is 9.59 Å². The van der Waals surface area contributed by atoms with Crippen LogP contribution in [0.15, 0.2) is 0 Å². The van der Waals surface area contributed by atoms with Gasteiger partial charge in [0.1, 0.15) is 5.78 Å². The number of hydrogen-bond acceptors (Lipinski definition) is 4. The molecule has 0 radical (unpaired) electrons.